The fraction of sp³-hybridized carbons (Fsp3) is 0.167. The first-order valence-corrected chi connectivity index (χ1v) is 8.45. The molecule has 14 heteroatoms. The zero-order chi connectivity index (χ0) is 19.8. The maximum atomic E-state index is 12.8. The average molecular weight is 431 g/mol. The minimum atomic E-state index is -4.69. The van der Waals surface area contributed by atoms with E-state index in [2.05, 4.69) is 10.3 Å². The van der Waals surface area contributed by atoms with E-state index in [1.807, 2.05) is 0 Å². The first kappa shape index (κ1) is 20.3. The number of rotatable bonds is 4. The highest BCUT2D eigenvalue weighted by Crippen LogP contribution is 2.38. The quantitative estimate of drug-likeness (QED) is 0.223. The summed E-state index contributed by atoms with van der Waals surface area (Å²) in [6.07, 6.45) is -4.69. The van der Waals surface area contributed by atoms with Gasteiger partial charge in [-0.25, -0.2) is 4.68 Å². The molecule has 2 aromatic rings. The molecule has 1 aromatic heterocycles. The Labute approximate surface area is 156 Å². The Morgan fingerprint density at radius 1 is 1.38 bits per heavy atom. The lowest BCUT2D eigenvalue weighted by Crippen LogP contribution is -2.16. The molecule has 26 heavy (non-hydrogen) atoms. The smallest absolute Gasteiger partial charge is 0.416 e. The van der Waals surface area contributed by atoms with E-state index in [9.17, 15) is 21.9 Å². The van der Waals surface area contributed by atoms with Gasteiger partial charge in [-0.1, -0.05) is 39.4 Å². The number of alkyl halides is 3. The molecular weight excluding hydrogens is 422 g/mol. The monoisotopic (exact) mass is 430 g/mol. The van der Waals surface area contributed by atoms with Gasteiger partial charge in [-0.3, -0.25) is 4.21 Å². The van der Waals surface area contributed by atoms with E-state index in [1.54, 1.807) is 0 Å². The van der Waals surface area contributed by atoms with Crippen LogP contribution in [0.15, 0.2) is 17.3 Å². The van der Waals surface area contributed by atoms with Crippen molar-refractivity contribution in [1.82, 2.24) is 9.78 Å². The summed E-state index contributed by atoms with van der Waals surface area (Å²) in [5.41, 5.74) is 9.52. The molecule has 8 nitrogen and oxygen atoms in total. The molecule has 2 rings (SSSR count). The Balaban J connectivity index is 2.74. The number of nitrogen functional groups attached to an aromatic ring is 1. The van der Waals surface area contributed by atoms with Gasteiger partial charge in [-0.2, -0.15) is 18.3 Å². The topological polar surface area (TPSA) is 143 Å². The fourth-order valence-electron chi connectivity index (χ4n) is 2.08. The number of hydrogen-bond donors (Lipinski definition) is 3. The van der Waals surface area contributed by atoms with E-state index in [4.69, 9.17) is 39.9 Å². The standard InChI is InChI=1S/C12H10Cl2F3N5O3S/c13-6-1-4(12(15,16)17)2-7(14)9(6)22-11(19)5(3-26(24)25)8(20-22)10(18)21-23/h1-2,23H,3,19H2,(H2,18,21)(H,24,25)/p-1. The summed E-state index contributed by atoms with van der Waals surface area (Å²) in [4.78, 5) is 0. The molecular formula is C12H9Cl2F3N5O3S-. The summed E-state index contributed by atoms with van der Waals surface area (Å²) in [6, 6.07) is 1.22. The van der Waals surface area contributed by atoms with Crippen LogP contribution in [0.1, 0.15) is 16.8 Å². The highest BCUT2D eigenvalue weighted by atomic mass is 35.5. The van der Waals surface area contributed by atoms with Gasteiger partial charge in [0.25, 0.3) is 0 Å². The molecule has 0 fully saturated rings. The molecule has 0 saturated carbocycles. The molecule has 1 aromatic carbocycles. The molecule has 0 aliphatic heterocycles. The van der Waals surface area contributed by atoms with Crippen molar-refractivity contribution in [2.45, 2.75) is 11.9 Å². The lowest BCUT2D eigenvalue weighted by atomic mass is 10.2. The van der Waals surface area contributed by atoms with E-state index in [0.717, 1.165) is 4.68 Å². The molecule has 0 amide bonds. The van der Waals surface area contributed by atoms with Gasteiger partial charge in [0.15, 0.2) is 5.84 Å². The second-order valence-electron chi connectivity index (χ2n) is 4.84. The Morgan fingerprint density at radius 3 is 2.35 bits per heavy atom. The number of nitrogens with zero attached hydrogens (tertiary/aromatic N) is 3. The van der Waals surface area contributed by atoms with Crippen LogP contribution in [0.5, 0.6) is 0 Å². The van der Waals surface area contributed by atoms with Crippen molar-refractivity contribution in [2.75, 3.05) is 5.73 Å². The normalized spacial score (nSPS) is 13.8. The van der Waals surface area contributed by atoms with E-state index in [0.29, 0.717) is 12.1 Å². The second-order valence-corrected chi connectivity index (χ2v) is 6.55. The van der Waals surface area contributed by atoms with Crippen LogP contribution in [0.25, 0.3) is 5.69 Å². The van der Waals surface area contributed by atoms with Crippen LogP contribution in [-0.2, 0) is 23.0 Å². The Kier molecular flexibility index (Phi) is 5.70. The second kappa shape index (κ2) is 7.31. The first-order chi connectivity index (χ1) is 12.0. The third-order valence-electron chi connectivity index (χ3n) is 3.19. The van der Waals surface area contributed by atoms with E-state index in [-0.39, 0.29) is 22.8 Å². The van der Waals surface area contributed by atoms with Crippen molar-refractivity contribution < 1.29 is 27.1 Å². The average Bonchev–Trinajstić information content (AvgIpc) is 2.82. The number of nitrogens with two attached hydrogens (primary N) is 2. The number of oxime groups is 1. The van der Waals surface area contributed by atoms with Crippen LogP contribution < -0.4 is 11.5 Å². The van der Waals surface area contributed by atoms with Crippen LogP contribution in [0, 0.1) is 0 Å². The van der Waals surface area contributed by atoms with Gasteiger partial charge in [-0.05, 0) is 12.1 Å². The summed E-state index contributed by atoms with van der Waals surface area (Å²) in [5.74, 6) is -1.51. The van der Waals surface area contributed by atoms with Gasteiger partial charge in [-0.15, -0.1) is 0 Å². The van der Waals surface area contributed by atoms with Crippen molar-refractivity contribution in [3.05, 3.63) is 39.0 Å². The van der Waals surface area contributed by atoms with Crippen molar-refractivity contribution in [3.63, 3.8) is 0 Å². The molecule has 1 atom stereocenters. The van der Waals surface area contributed by atoms with Gasteiger partial charge < -0.3 is 21.2 Å². The highest BCUT2D eigenvalue weighted by Gasteiger charge is 2.33. The molecule has 0 spiro atoms. The van der Waals surface area contributed by atoms with Gasteiger partial charge in [0.05, 0.1) is 15.6 Å². The van der Waals surface area contributed by atoms with Crippen LogP contribution in [-0.4, -0.2) is 29.6 Å². The molecule has 0 aliphatic carbocycles. The van der Waals surface area contributed by atoms with Crippen molar-refractivity contribution in [3.8, 4) is 5.69 Å². The molecule has 1 unspecified atom stereocenters. The van der Waals surface area contributed by atoms with Crippen LogP contribution in [0.4, 0.5) is 19.0 Å². The largest absolute Gasteiger partial charge is 0.772 e. The molecule has 0 radical (unpaired) electrons. The van der Waals surface area contributed by atoms with Crippen LogP contribution in [0.3, 0.4) is 0 Å². The maximum absolute atomic E-state index is 12.8. The van der Waals surface area contributed by atoms with Gasteiger partial charge in [0.2, 0.25) is 0 Å². The highest BCUT2D eigenvalue weighted by molar-refractivity contribution is 7.78. The van der Waals surface area contributed by atoms with Crippen molar-refractivity contribution >= 4 is 45.9 Å². The minimum absolute atomic E-state index is 0.138. The lowest BCUT2D eigenvalue weighted by Gasteiger charge is -2.13. The van der Waals surface area contributed by atoms with E-state index < -0.39 is 44.5 Å². The summed E-state index contributed by atoms with van der Waals surface area (Å²) in [7, 11) is 0. The molecule has 5 N–H and O–H groups in total. The van der Waals surface area contributed by atoms with Gasteiger partial charge in [0, 0.05) is 11.3 Å². The third-order valence-corrected chi connectivity index (χ3v) is 4.29. The first-order valence-electron chi connectivity index (χ1n) is 6.45. The van der Waals surface area contributed by atoms with Gasteiger partial charge in [0.1, 0.15) is 17.2 Å². The van der Waals surface area contributed by atoms with Crippen LogP contribution in [0.2, 0.25) is 10.0 Å². The Hall–Kier alpha value is -2.02. The minimum Gasteiger partial charge on any atom is -0.772 e. The third kappa shape index (κ3) is 3.87. The maximum Gasteiger partial charge on any atom is 0.416 e. The van der Waals surface area contributed by atoms with E-state index >= 15 is 0 Å². The zero-order valence-electron chi connectivity index (χ0n) is 12.4. The Morgan fingerprint density at radius 2 is 1.92 bits per heavy atom. The number of hydrogen-bond acceptors (Lipinski definition) is 6. The molecule has 0 saturated heterocycles. The summed E-state index contributed by atoms with van der Waals surface area (Å²) >= 11 is 9.17. The van der Waals surface area contributed by atoms with Gasteiger partial charge >= 0.3 is 6.18 Å². The number of amidine groups is 1. The lowest BCUT2D eigenvalue weighted by molar-refractivity contribution is -0.137. The number of anilines is 1. The number of halogens is 5. The fourth-order valence-corrected chi connectivity index (χ4v) is 3.25. The Bertz CT molecular complexity index is 893. The SMILES string of the molecule is NC(=NO)c1nn(-c2c(Cl)cc(C(F)(F)F)cc2Cl)c(N)c1CS(=O)[O-]. The number of aromatic nitrogens is 2. The predicted molar refractivity (Wildman–Crippen MR) is 88.1 cm³/mol. The summed E-state index contributed by atoms with van der Waals surface area (Å²) in [5, 5.41) is 14.5. The molecule has 0 aliphatic rings. The van der Waals surface area contributed by atoms with Crippen LogP contribution >= 0.6 is 23.2 Å². The molecule has 0 bridgehead atoms. The molecule has 142 valence electrons. The predicted octanol–water partition coefficient (Wildman–Crippen LogP) is 2.25. The number of benzene rings is 1. The van der Waals surface area contributed by atoms with Crippen molar-refractivity contribution in [2.24, 2.45) is 10.9 Å². The zero-order valence-corrected chi connectivity index (χ0v) is 14.7. The summed E-state index contributed by atoms with van der Waals surface area (Å²) in [6.45, 7) is 0. The summed E-state index contributed by atoms with van der Waals surface area (Å²) < 4.78 is 61.3. The van der Waals surface area contributed by atoms with Crippen molar-refractivity contribution in [1.29, 1.82) is 0 Å². The molecule has 1 heterocycles. The van der Waals surface area contributed by atoms with E-state index in [1.165, 1.54) is 0 Å².